The zero-order valence-electron chi connectivity index (χ0n) is 18.2. The Morgan fingerprint density at radius 2 is 2.09 bits per heavy atom. The lowest BCUT2D eigenvalue weighted by Gasteiger charge is -2.19. The van der Waals surface area contributed by atoms with Gasteiger partial charge in [-0.3, -0.25) is 9.59 Å². The van der Waals surface area contributed by atoms with Crippen LogP contribution in [0, 0.1) is 12.7 Å². The number of ether oxygens (including phenoxy) is 3. The van der Waals surface area contributed by atoms with E-state index in [1.807, 2.05) is 18.2 Å². The van der Waals surface area contributed by atoms with Crippen LogP contribution < -0.4 is 14.8 Å². The van der Waals surface area contributed by atoms with Crippen molar-refractivity contribution in [3.63, 3.8) is 0 Å². The molecule has 1 N–H and O–H groups in total. The molecule has 2 aromatic rings. The number of carbonyl (C=O) groups is 2. The number of halogens is 1. The second kappa shape index (κ2) is 9.56. The van der Waals surface area contributed by atoms with E-state index in [2.05, 4.69) is 5.32 Å². The average Bonchev–Trinajstić information content (AvgIpc) is 3.40. The molecule has 2 aliphatic heterocycles. The van der Waals surface area contributed by atoms with Crippen LogP contribution in [0.1, 0.15) is 36.3 Å². The summed E-state index contributed by atoms with van der Waals surface area (Å²) in [7, 11) is 1.58. The molecule has 2 atom stereocenters. The van der Waals surface area contributed by atoms with Crippen molar-refractivity contribution >= 4 is 17.5 Å². The molecule has 2 fully saturated rings. The molecule has 2 heterocycles. The number of likely N-dealkylation sites (tertiary alicyclic amines) is 1. The van der Waals surface area contributed by atoms with Crippen molar-refractivity contribution in [1.82, 2.24) is 4.90 Å². The normalized spacial score (nSPS) is 20.5. The van der Waals surface area contributed by atoms with Crippen LogP contribution in [-0.4, -0.2) is 49.8 Å². The van der Waals surface area contributed by atoms with Crippen LogP contribution in [0.3, 0.4) is 0 Å². The molecular weight excluding hydrogens is 415 g/mol. The number of benzene rings is 2. The van der Waals surface area contributed by atoms with E-state index in [0.29, 0.717) is 42.3 Å². The molecule has 2 saturated heterocycles. The predicted molar refractivity (Wildman–Crippen MR) is 116 cm³/mol. The second-order valence-corrected chi connectivity index (χ2v) is 8.16. The van der Waals surface area contributed by atoms with Crippen LogP contribution in [-0.2, 0) is 14.3 Å². The van der Waals surface area contributed by atoms with Crippen LogP contribution in [0.5, 0.6) is 11.5 Å². The molecule has 32 heavy (non-hydrogen) atoms. The van der Waals surface area contributed by atoms with Gasteiger partial charge in [0, 0.05) is 31.0 Å². The molecule has 2 amide bonds. The zero-order valence-corrected chi connectivity index (χ0v) is 18.2. The second-order valence-electron chi connectivity index (χ2n) is 8.16. The summed E-state index contributed by atoms with van der Waals surface area (Å²) < 4.78 is 30.6. The maximum Gasteiger partial charge on any atom is 0.243 e. The fourth-order valence-electron chi connectivity index (χ4n) is 4.01. The first-order chi connectivity index (χ1) is 15.4. The number of rotatable bonds is 7. The van der Waals surface area contributed by atoms with Gasteiger partial charge in [-0.25, -0.2) is 4.39 Å². The van der Waals surface area contributed by atoms with Gasteiger partial charge in [-0.1, -0.05) is 12.1 Å². The van der Waals surface area contributed by atoms with Crippen molar-refractivity contribution in [2.24, 2.45) is 0 Å². The maximum absolute atomic E-state index is 13.7. The third kappa shape index (κ3) is 5.02. The van der Waals surface area contributed by atoms with Gasteiger partial charge in [0.05, 0.1) is 20.3 Å². The summed E-state index contributed by atoms with van der Waals surface area (Å²) in [4.78, 5) is 26.5. The van der Waals surface area contributed by atoms with E-state index in [1.165, 1.54) is 11.0 Å². The van der Waals surface area contributed by atoms with E-state index in [0.717, 1.165) is 18.4 Å². The minimum atomic E-state index is -0.388. The van der Waals surface area contributed by atoms with Crippen LogP contribution >= 0.6 is 0 Å². The summed E-state index contributed by atoms with van der Waals surface area (Å²) in [6, 6.07) is 10.1. The molecule has 0 radical (unpaired) electrons. The van der Waals surface area contributed by atoms with Gasteiger partial charge >= 0.3 is 0 Å². The Hall–Kier alpha value is -3.13. The monoisotopic (exact) mass is 442 g/mol. The van der Waals surface area contributed by atoms with Crippen LogP contribution in [0.4, 0.5) is 10.1 Å². The first-order valence-corrected chi connectivity index (χ1v) is 10.7. The number of amides is 2. The quantitative estimate of drug-likeness (QED) is 0.709. The van der Waals surface area contributed by atoms with Gasteiger partial charge < -0.3 is 24.4 Å². The number of nitrogens with zero attached hydrogens (tertiary/aromatic N) is 1. The van der Waals surface area contributed by atoms with Crippen molar-refractivity contribution < 1.29 is 28.2 Å². The van der Waals surface area contributed by atoms with Gasteiger partial charge in [-0.2, -0.15) is 0 Å². The minimum Gasteiger partial charge on any atom is -0.493 e. The Morgan fingerprint density at radius 1 is 1.25 bits per heavy atom. The molecule has 2 aromatic carbocycles. The lowest BCUT2D eigenvalue weighted by molar-refractivity contribution is -0.131. The first kappa shape index (κ1) is 22.1. The SMILES string of the molecule is COc1ccc([C@@H]2CC(=O)N(CC(=O)Nc3ccc(C)c(F)c3)C2)cc1OC1CCCO1. The number of aryl methyl sites for hydroxylation is 1. The number of carbonyl (C=O) groups excluding carboxylic acids is 2. The molecule has 0 aromatic heterocycles. The van der Waals surface area contributed by atoms with Crippen LogP contribution in [0.25, 0.3) is 0 Å². The summed E-state index contributed by atoms with van der Waals surface area (Å²) in [6.45, 7) is 2.66. The van der Waals surface area contributed by atoms with Crippen molar-refractivity contribution in [1.29, 1.82) is 0 Å². The first-order valence-electron chi connectivity index (χ1n) is 10.7. The summed E-state index contributed by atoms with van der Waals surface area (Å²) >= 11 is 0. The Kier molecular flexibility index (Phi) is 6.60. The smallest absolute Gasteiger partial charge is 0.243 e. The van der Waals surface area contributed by atoms with E-state index in [9.17, 15) is 14.0 Å². The number of hydrogen-bond acceptors (Lipinski definition) is 5. The number of hydrogen-bond donors (Lipinski definition) is 1. The molecule has 0 saturated carbocycles. The molecule has 7 nitrogen and oxygen atoms in total. The highest BCUT2D eigenvalue weighted by molar-refractivity contribution is 5.95. The van der Waals surface area contributed by atoms with E-state index >= 15 is 0 Å². The number of nitrogens with one attached hydrogen (secondary N) is 1. The van der Waals surface area contributed by atoms with Crippen molar-refractivity contribution in [2.45, 2.75) is 38.4 Å². The van der Waals surface area contributed by atoms with Crippen LogP contribution in [0.2, 0.25) is 0 Å². The van der Waals surface area contributed by atoms with Gasteiger partial charge in [0.25, 0.3) is 0 Å². The van der Waals surface area contributed by atoms with E-state index in [1.54, 1.807) is 26.2 Å². The lowest BCUT2D eigenvalue weighted by Crippen LogP contribution is -2.34. The summed E-state index contributed by atoms with van der Waals surface area (Å²) in [5, 5.41) is 2.65. The summed E-state index contributed by atoms with van der Waals surface area (Å²) in [5.74, 6) is 0.277. The van der Waals surface area contributed by atoms with Crippen LogP contribution in [0.15, 0.2) is 36.4 Å². The zero-order chi connectivity index (χ0) is 22.7. The molecule has 1 unspecified atom stereocenters. The van der Waals surface area contributed by atoms with Gasteiger partial charge in [0.2, 0.25) is 11.8 Å². The molecule has 170 valence electrons. The van der Waals surface area contributed by atoms with E-state index in [-0.39, 0.29) is 36.4 Å². The third-order valence-corrected chi connectivity index (χ3v) is 5.81. The Balaban J connectivity index is 1.40. The summed E-state index contributed by atoms with van der Waals surface area (Å²) in [6.07, 6.45) is 1.79. The Morgan fingerprint density at radius 3 is 2.81 bits per heavy atom. The van der Waals surface area contributed by atoms with Crippen molar-refractivity contribution in [3.05, 3.63) is 53.3 Å². The highest BCUT2D eigenvalue weighted by atomic mass is 19.1. The van der Waals surface area contributed by atoms with E-state index in [4.69, 9.17) is 14.2 Å². The number of methoxy groups -OCH3 is 1. The minimum absolute atomic E-state index is 0.0649. The standard InChI is InChI=1S/C24H27FN2O5/c1-15-5-7-18(12-19(15)25)26-22(28)14-27-13-17(11-23(27)29)16-6-8-20(30-2)21(10-16)32-24-4-3-9-31-24/h5-8,10,12,17,24H,3-4,9,11,13-14H2,1-2H3,(H,26,28)/t17-,24?/m1/s1. The van der Waals surface area contributed by atoms with Gasteiger partial charge in [-0.15, -0.1) is 0 Å². The molecule has 0 spiro atoms. The van der Waals surface area contributed by atoms with Gasteiger partial charge in [0.1, 0.15) is 5.82 Å². The van der Waals surface area contributed by atoms with Crippen molar-refractivity contribution in [3.8, 4) is 11.5 Å². The Labute approximate surface area is 186 Å². The van der Waals surface area contributed by atoms with Crippen molar-refractivity contribution in [2.75, 3.05) is 32.1 Å². The average molecular weight is 442 g/mol. The molecule has 0 bridgehead atoms. The molecular formula is C24H27FN2O5. The fraction of sp³-hybridized carbons (Fsp3) is 0.417. The predicted octanol–water partition coefficient (Wildman–Crippen LogP) is 3.61. The molecule has 2 aliphatic rings. The maximum atomic E-state index is 13.7. The largest absolute Gasteiger partial charge is 0.493 e. The number of anilines is 1. The fourth-order valence-corrected chi connectivity index (χ4v) is 4.01. The van der Waals surface area contributed by atoms with Gasteiger partial charge in [-0.05, 0) is 48.7 Å². The third-order valence-electron chi connectivity index (χ3n) is 5.81. The van der Waals surface area contributed by atoms with E-state index < -0.39 is 0 Å². The molecule has 8 heteroatoms. The summed E-state index contributed by atoms with van der Waals surface area (Å²) in [5.41, 5.74) is 1.81. The molecule has 0 aliphatic carbocycles. The lowest BCUT2D eigenvalue weighted by atomic mass is 9.98. The highest BCUT2D eigenvalue weighted by Crippen LogP contribution is 2.36. The van der Waals surface area contributed by atoms with Gasteiger partial charge in [0.15, 0.2) is 17.8 Å². The Bertz CT molecular complexity index is 1010. The highest BCUT2D eigenvalue weighted by Gasteiger charge is 2.32. The topological polar surface area (TPSA) is 77.1 Å². The molecule has 4 rings (SSSR count).